The van der Waals surface area contributed by atoms with E-state index < -0.39 is 35.7 Å². The van der Waals surface area contributed by atoms with Gasteiger partial charge in [-0.15, -0.1) is 0 Å². The van der Waals surface area contributed by atoms with Crippen LogP contribution in [0.15, 0.2) is 24.3 Å². The van der Waals surface area contributed by atoms with E-state index in [0.717, 1.165) is 5.56 Å². The Hall–Kier alpha value is -3.85. The van der Waals surface area contributed by atoms with E-state index in [1.54, 1.807) is 19.1 Å². The lowest BCUT2D eigenvalue weighted by Gasteiger charge is -2.15. The number of nitrogens with two attached hydrogens (primary N) is 3. The van der Waals surface area contributed by atoms with Gasteiger partial charge in [-0.25, -0.2) is 4.79 Å². The van der Waals surface area contributed by atoms with Crippen LogP contribution >= 0.6 is 11.8 Å². The first-order valence-corrected chi connectivity index (χ1v) is 12.4. The molecule has 1 rings (SSSR count). The minimum Gasteiger partial charge on any atom is -0.482 e. The summed E-state index contributed by atoms with van der Waals surface area (Å²) in [4.78, 5) is 66.0. The molecule has 10 N–H and O–H groups in total. The van der Waals surface area contributed by atoms with Gasteiger partial charge >= 0.3 is 5.97 Å². The van der Waals surface area contributed by atoms with Crippen LogP contribution in [0.3, 0.4) is 0 Å². The molecule has 0 aliphatic heterocycles. The maximum Gasteiger partial charge on any atom is 0.341 e. The molecule has 0 saturated heterocycles. The van der Waals surface area contributed by atoms with Crippen LogP contribution < -0.4 is 37.9 Å². The number of rotatable bonds is 14. The number of carbonyl (C=O) groups excluding carboxylic acids is 5. The number of carbonyl (C=O) groups is 6. The molecule has 0 fully saturated rings. The van der Waals surface area contributed by atoms with Gasteiger partial charge in [0, 0.05) is 11.7 Å². The van der Waals surface area contributed by atoms with Gasteiger partial charge in [0.1, 0.15) is 11.8 Å². The molecule has 0 aliphatic rings. The number of ether oxygens (including phenoxy) is 1. The van der Waals surface area contributed by atoms with Gasteiger partial charge in [0.05, 0.1) is 18.8 Å². The molecule has 0 aliphatic carbocycles. The number of amides is 5. The van der Waals surface area contributed by atoms with Gasteiger partial charge in [0.25, 0.3) is 0 Å². The number of carboxylic acids is 1. The molecule has 0 spiro atoms. The van der Waals surface area contributed by atoms with Crippen molar-refractivity contribution >= 4 is 47.3 Å². The first-order chi connectivity index (χ1) is 17.8. The molecule has 0 radical (unpaired) electrons. The number of aliphatic carboxylic acids is 1. The number of benzene rings is 1. The third-order valence-electron chi connectivity index (χ3n) is 4.12. The Labute approximate surface area is 225 Å². The van der Waals surface area contributed by atoms with Crippen LogP contribution in [0.25, 0.3) is 0 Å². The monoisotopic (exact) mass is 558 g/mol. The summed E-state index contributed by atoms with van der Waals surface area (Å²) in [5, 5.41) is 15.4. The van der Waals surface area contributed by atoms with Gasteiger partial charge < -0.3 is 43.0 Å². The summed E-state index contributed by atoms with van der Waals surface area (Å²) in [5.74, 6) is -2.92. The Morgan fingerprint density at radius 1 is 0.947 bits per heavy atom. The number of hydrogen-bond acceptors (Lipinski definition) is 9. The number of aryl methyl sites for hydroxylation is 1. The van der Waals surface area contributed by atoms with Crippen molar-refractivity contribution in [2.45, 2.75) is 26.8 Å². The van der Waals surface area contributed by atoms with E-state index in [-0.39, 0.29) is 37.3 Å². The molecular weight excluding hydrogens is 520 g/mol. The topological polar surface area (TPSA) is 246 Å². The molecule has 15 heteroatoms. The molecule has 1 aromatic carbocycles. The first-order valence-electron chi connectivity index (χ1n) is 11.3. The zero-order valence-electron chi connectivity index (χ0n) is 21.9. The fourth-order valence-corrected chi connectivity index (χ4v) is 3.00. The highest BCUT2D eigenvalue weighted by atomic mass is 32.2. The van der Waals surface area contributed by atoms with Crippen LogP contribution in [0.5, 0.6) is 5.75 Å². The van der Waals surface area contributed by atoms with E-state index in [1.165, 1.54) is 25.7 Å². The highest BCUT2D eigenvalue weighted by molar-refractivity contribution is 7.99. The van der Waals surface area contributed by atoms with Crippen LogP contribution in [0.2, 0.25) is 0 Å². The van der Waals surface area contributed by atoms with E-state index in [1.807, 2.05) is 19.1 Å². The van der Waals surface area contributed by atoms with Gasteiger partial charge in [0.15, 0.2) is 6.61 Å². The summed E-state index contributed by atoms with van der Waals surface area (Å²) in [5.41, 5.74) is 15.5. The predicted octanol–water partition coefficient (Wildman–Crippen LogP) is -1.90. The molecule has 0 saturated carbocycles. The second kappa shape index (κ2) is 21.3. The van der Waals surface area contributed by atoms with E-state index in [0.29, 0.717) is 11.5 Å². The lowest BCUT2D eigenvalue weighted by molar-refractivity contribution is -0.139. The average molecular weight is 559 g/mol. The lowest BCUT2D eigenvalue weighted by atomic mass is 10.2. The van der Waals surface area contributed by atoms with Crippen molar-refractivity contribution in [2.24, 2.45) is 23.1 Å². The van der Waals surface area contributed by atoms with Crippen LogP contribution in [0.4, 0.5) is 0 Å². The zero-order valence-corrected chi connectivity index (χ0v) is 22.8. The second-order valence-corrected chi connectivity index (χ2v) is 8.59. The maximum absolute atomic E-state index is 11.8. The SMILES string of the molecule is CC(CSCC(=O)NCC(=O)NCC(N)=O)C(=O)NC(C)C(N)=O.CN.Cc1ccc(OCC(=O)O)cc1. The standard InChI is InChI=1S/C13H23N5O5S.C9H10O3.CH5N/c1-7(13(23)18-8(2)12(15)22)5-24-6-11(21)17-4-10(20)16-3-9(14)19;1-7-2-4-8(5-3-7)12-6-9(10)11;1-2/h7-8H,3-6H2,1-2H3,(H2,14,19)(H2,15,22)(H,16,20)(H,17,21)(H,18,23);2-5H,6H2,1H3,(H,10,11);2H2,1H3. The van der Waals surface area contributed by atoms with Gasteiger partial charge in [-0.05, 0) is 33.0 Å². The Morgan fingerprint density at radius 3 is 2.00 bits per heavy atom. The summed E-state index contributed by atoms with van der Waals surface area (Å²) in [6, 6.07) is 6.48. The van der Waals surface area contributed by atoms with Gasteiger partial charge in [0.2, 0.25) is 29.5 Å². The predicted molar refractivity (Wildman–Crippen MR) is 143 cm³/mol. The molecule has 0 aromatic heterocycles. The van der Waals surface area contributed by atoms with Gasteiger partial charge in [-0.3, -0.25) is 24.0 Å². The van der Waals surface area contributed by atoms with Gasteiger partial charge in [-0.1, -0.05) is 24.6 Å². The van der Waals surface area contributed by atoms with Crippen molar-refractivity contribution < 1.29 is 38.6 Å². The lowest BCUT2D eigenvalue weighted by Crippen LogP contribution is -2.44. The van der Waals surface area contributed by atoms with Crippen molar-refractivity contribution in [1.29, 1.82) is 0 Å². The Kier molecular flexibility index (Phi) is 20.3. The van der Waals surface area contributed by atoms with E-state index in [9.17, 15) is 28.8 Å². The van der Waals surface area contributed by atoms with Crippen molar-refractivity contribution in [3.63, 3.8) is 0 Å². The van der Waals surface area contributed by atoms with Gasteiger partial charge in [-0.2, -0.15) is 11.8 Å². The highest BCUT2D eigenvalue weighted by Crippen LogP contribution is 2.11. The van der Waals surface area contributed by atoms with E-state index in [2.05, 4.69) is 21.7 Å². The molecular formula is C23H38N6O8S. The number of carboxylic acid groups (broad SMARTS) is 1. The Balaban J connectivity index is 0. The first kappa shape index (κ1) is 36.3. The van der Waals surface area contributed by atoms with Crippen LogP contribution in [0.1, 0.15) is 19.4 Å². The summed E-state index contributed by atoms with van der Waals surface area (Å²) in [7, 11) is 1.50. The Bertz CT molecular complexity index is 914. The molecule has 1 aromatic rings. The number of primary amides is 2. The van der Waals surface area contributed by atoms with Crippen molar-refractivity contribution in [3.05, 3.63) is 29.8 Å². The second-order valence-electron chi connectivity index (χ2n) is 7.56. The molecule has 214 valence electrons. The number of thioether (sulfide) groups is 1. The highest BCUT2D eigenvalue weighted by Gasteiger charge is 2.18. The number of nitrogens with one attached hydrogen (secondary N) is 3. The fourth-order valence-electron chi connectivity index (χ4n) is 2.09. The van der Waals surface area contributed by atoms with Crippen LogP contribution in [-0.2, 0) is 28.8 Å². The van der Waals surface area contributed by atoms with Crippen molar-refractivity contribution in [3.8, 4) is 5.75 Å². The largest absolute Gasteiger partial charge is 0.482 e. The van der Waals surface area contributed by atoms with Crippen LogP contribution in [-0.4, -0.2) is 84.9 Å². The minimum atomic E-state index is -0.962. The molecule has 2 atom stereocenters. The molecule has 0 bridgehead atoms. The van der Waals surface area contributed by atoms with E-state index in [4.69, 9.17) is 21.3 Å². The normalized spacial score (nSPS) is 11.1. The van der Waals surface area contributed by atoms with Crippen LogP contribution in [0, 0.1) is 12.8 Å². The third-order valence-corrected chi connectivity index (χ3v) is 5.33. The Morgan fingerprint density at radius 2 is 1.50 bits per heavy atom. The van der Waals surface area contributed by atoms with E-state index >= 15 is 0 Å². The summed E-state index contributed by atoms with van der Waals surface area (Å²) in [6.07, 6.45) is 0. The molecule has 5 amide bonds. The molecule has 14 nitrogen and oxygen atoms in total. The summed E-state index contributed by atoms with van der Waals surface area (Å²) >= 11 is 1.21. The van der Waals surface area contributed by atoms with Crippen molar-refractivity contribution in [2.75, 3.05) is 38.2 Å². The molecule has 0 heterocycles. The fraction of sp³-hybridized carbons (Fsp3) is 0.478. The quantitative estimate of drug-likeness (QED) is 0.134. The third kappa shape index (κ3) is 20.4. The summed E-state index contributed by atoms with van der Waals surface area (Å²) < 4.78 is 4.92. The number of hydrogen-bond donors (Lipinski definition) is 7. The maximum atomic E-state index is 11.8. The average Bonchev–Trinajstić information content (AvgIpc) is 2.87. The smallest absolute Gasteiger partial charge is 0.341 e. The molecule has 38 heavy (non-hydrogen) atoms. The van der Waals surface area contributed by atoms with Crippen molar-refractivity contribution in [1.82, 2.24) is 16.0 Å². The molecule has 2 unspecified atom stereocenters. The summed E-state index contributed by atoms with van der Waals surface area (Å²) in [6.45, 7) is 4.25. The zero-order chi connectivity index (χ0) is 29.7. The minimum absolute atomic E-state index is 0.0616.